The van der Waals surface area contributed by atoms with Crippen LogP contribution in [0.1, 0.15) is 21.6 Å². The van der Waals surface area contributed by atoms with Crippen LogP contribution in [0.4, 0.5) is 18.3 Å². The van der Waals surface area contributed by atoms with E-state index in [-0.39, 0.29) is 12.3 Å². The first kappa shape index (κ1) is 19.9. The Bertz CT molecular complexity index is 953. The first-order valence-electron chi connectivity index (χ1n) is 8.37. The van der Waals surface area contributed by atoms with E-state index in [0.29, 0.717) is 22.9 Å². The zero-order valence-corrected chi connectivity index (χ0v) is 15.7. The fraction of sp³-hybridized carbons (Fsp3) is 0.200. The van der Waals surface area contributed by atoms with Crippen LogP contribution in [0.3, 0.4) is 0 Å². The predicted octanol–water partition coefficient (Wildman–Crippen LogP) is 4.94. The van der Waals surface area contributed by atoms with Gasteiger partial charge in [-0.3, -0.25) is 4.79 Å². The smallest absolute Gasteiger partial charge is 0.416 e. The second kappa shape index (κ2) is 8.43. The van der Waals surface area contributed by atoms with Crippen LogP contribution in [0, 0.1) is 0 Å². The number of halogens is 3. The van der Waals surface area contributed by atoms with E-state index in [1.807, 2.05) is 0 Å². The van der Waals surface area contributed by atoms with E-state index < -0.39 is 11.7 Å². The van der Waals surface area contributed by atoms with Crippen molar-refractivity contribution in [2.24, 2.45) is 0 Å². The van der Waals surface area contributed by atoms with Crippen molar-refractivity contribution in [3.05, 3.63) is 76.3 Å². The molecule has 0 aliphatic carbocycles. The highest BCUT2D eigenvalue weighted by Gasteiger charge is 2.30. The largest absolute Gasteiger partial charge is 0.497 e. The highest BCUT2D eigenvalue weighted by atomic mass is 32.1. The Morgan fingerprint density at radius 3 is 2.57 bits per heavy atom. The zero-order chi connectivity index (χ0) is 20.1. The van der Waals surface area contributed by atoms with Gasteiger partial charge in [0, 0.05) is 17.5 Å². The Kier molecular flexibility index (Phi) is 5.99. The highest BCUT2D eigenvalue weighted by molar-refractivity contribution is 7.15. The number of rotatable bonds is 6. The molecule has 0 bridgehead atoms. The highest BCUT2D eigenvalue weighted by Crippen LogP contribution is 2.30. The molecule has 2 aromatic carbocycles. The number of amides is 1. The van der Waals surface area contributed by atoms with Crippen LogP contribution in [-0.2, 0) is 23.8 Å². The van der Waals surface area contributed by atoms with Gasteiger partial charge in [0.15, 0.2) is 5.13 Å². The summed E-state index contributed by atoms with van der Waals surface area (Å²) >= 11 is 1.24. The summed E-state index contributed by atoms with van der Waals surface area (Å²) in [6.45, 7) is 0. The number of benzene rings is 2. The summed E-state index contributed by atoms with van der Waals surface area (Å²) in [5.74, 6) is 0.494. The summed E-state index contributed by atoms with van der Waals surface area (Å²) in [7, 11) is 1.57. The summed E-state index contributed by atoms with van der Waals surface area (Å²) in [6.07, 6.45) is -2.30. The molecule has 0 fully saturated rings. The number of thiazole rings is 1. The minimum Gasteiger partial charge on any atom is -0.497 e. The number of anilines is 1. The van der Waals surface area contributed by atoms with Gasteiger partial charge in [0.2, 0.25) is 5.91 Å². The number of nitrogens with zero attached hydrogens (tertiary/aromatic N) is 1. The van der Waals surface area contributed by atoms with Crippen molar-refractivity contribution in [3.63, 3.8) is 0 Å². The average Bonchev–Trinajstić information content (AvgIpc) is 3.08. The first-order chi connectivity index (χ1) is 13.3. The molecule has 3 aromatic rings. The molecule has 1 amide bonds. The number of hydrogen-bond acceptors (Lipinski definition) is 4. The third-order valence-corrected chi connectivity index (χ3v) is 4.87. The molecule has 1 aromatic heterocycles. The summed E-state index contributed by atoms with van der Waals surface area (Å²) < 4.78 is 43.5. The molecular weight excluding hydrogens is 389 g/mol. The molecule has 0 saturated carbocycles. The standard InChI is InChI=1S/C20H17F3N2O2S/c1-27-16-7-5-13(6-8-16)11-18(26)25-19-24-12-17(28-19)10-14-3-2-4-15(9-14)20(21,22)23/h2-9,12H,10-11H2,1H3,(H,24,25,26). The fourth-order valence-corrected chi connectivity index (χ4v) is 3.46. The topological polar surface area (TPSA) is 51.2 Å². The fourth-order valence-electron chi connectivity index (χ4n) is 2.60. The van der Waals surface area contributed by atoms with E-state index >= 15 is 0 Å². The number of ether oxygens (including phenoxy) is 1. The molecule has 0 atom stereocenters. The van der Waals surface area contributed by atoms with Crippen molar-refractivity contribution in [2.45, 2.75) is 19.0 Å². The van der Waals surface area contributed by atoms with Gasteiger partial charge < -0.3 is 10.1 Å². The molecule has 28 heavy (non-hydrogen) atoms. The van der Waals surface area contributed by atoms with Gasteiger partial charge in [-0.25, -0.2) is 4.98 Å². The van der Waals surface area contributed by atoms with Gasteiger partial charge in [-0.05, 0) is 29.3 Å². The Hall–Kier alpha value is -2.87. The molecule has 0 radical (unpaired) electrons. The molecule has 0 spiro atoms. The molecule has 0 aliphatic heterocycles. The van der Waals surface area contributed by atoms with Crippen LogP contribution in [0.15, 0.2) is 54.7 Å². The quantitative estimate of drug-likeness (QED) is 0.631. The predicted molar refractivity (Wildman–Crippen MR) is 102 cm³/mol. The molecule has 1 N–H and O–H groups in total. The number of aromatic nitrogens is 1. The molecule has 4 nitrogen and oxygen atoms in total. The van der Waals surface area contributed by atoms with Crippen LogP contribution in [0.5, 0.6) is 5.75 Å². The normalized spacial score (nSPS) is 11.3. The van der Waals surface area contributed by atoms with E-state index in [1.54, 1.807) is 43.6 Å². The van der Waals surface area contributed by atoms with Crippen LogP contribution < -0.4 is 10.1 Å². The van der Waals surface area contributed by atoms with Crippen molar-refractivity contribution in [2.75, 3.05) is 12.4 Å². The second-order valence-corrected chi connectivity index (χ2v) is 7.19. The van der Waals surface area contributed by atoms with Crippen LogP contribution in [0.2, 0.25) is 0 Å². The molecular formula is C20H17F3N2O2S. The maximum absolute atomic E-state index is 12.8. The number of hydrogen-bond donors (Lipinski definition) is 1. The number of alkyl halides is 3. The summed E-state index contributed by atoms with van der Waals surface area (Å²) in [5.41, 5.74) is 0.691. The van der Waals surface area contributed by atoms with Crippen molar-refractivity contribution in [1.82, 2.24) is 4.98 Å². The third kappa shape index (κ3) is 5.32. The lowest BCUT2D eigenvalue weighted by Crippen LogP contribution is -2.14. The van der Waals surface area contributed by atoms with Gasteiger partial charge >= 0.3 is 6.18 Å². The van der Waals surface area contributed by atoms with Gasteiger partial charge in [-0.1, -0.05) is 30.3 Å². The van der Waals surface area contributed by atoms with E-state index in [2.05, 4.69) is 10.3 Å². The van der Waals surface area contributed by atoms with Crippen LogP contribution in [-0.4, -0.2) is 18.0 Å². The lowest BCUT2D eigenvalue weighted by molar-refractivity contribution is -0.137. The Labute approximate surface area is 164 Å². The molecule has 3 rings (SSSR count). The number of carbonyl (C=O) groups is 1. The van der Waals surface area contributed by atoms with Crippen LogP contribution >= 0.6 is 11.3 Å². The zero-order valence-electron chi connectivity index (χ0n) is 14.9. The Balaban J connectivity index is 1.60. The molecule has 0 aliphatic rings. The van der Waals surface area contributed by atoms with Gasteiger partial charge in [0.25, 0.3) is 0 Å². The number of carbonyl (C=O) groups excluding carboxylic acids is 1. The van der Waals surface area contributed by atoms with E-state index in [1.165, 1.54) is 17.4 Å². The molecule has 0 unspecified atom stereocenters. The van der Waals surface area contributed by atoms with E-state index in [4.69, 9.17) is 4.74 Å². The minimum absolute atomic E-state index is 0.187. The van der Waals surface area contributed by atoms with Gasteiger partial charge in [0.05, 0.1) is 19.1 Å². The Morgan fingerprint density at radius 2 is 1.89 bits per heavy atom. The van der Waals surface area contributed by atoms with Gasteiger partial charge in [-0.2, -0.15) is 13.2 Å². The molecule has 1 heterocycles. The summed E-state index contributed by atoms with van der Waals surface area (Å²) in [6, 6.07) is 12.4. The average molecular weight is 406 g/mol. The molecule has 8 heteroatoms. The molecule has 0 saturated heterocycles. The first-order valence-corrected chi connectivity index (χ1v) is 9.19. The summed E-state index contributed by atoms with van der Waals surface area (Å²) in [4.78, 5) is 17.1. The minimum atomic E-state index is -4.37. The maximum Gasteiger partial charge on any atom is 0.416 e. The number of nitrogens with one attached hydrogen (secondary N) is 1. The van der Waals surface area contributed by atoms with Crippen LogP contribution in [0.25, 0.3) is 0 Å². The van der Waals surface area contributed by atoms with Crippen molar-refractivity contribution in [3.8, 4) is 5.75 Å². The monoisotopic (exact) mass is 406 g/mol. The van der Waals surface area contributed by atoms with Gasteiger partial charge in [-0.15, -0.1) is 11.3 Å². The van der Waals surface area contributed by atoms with Crippen molar-refractivity contribution >= 4 is 22.4 Å². The lowest BCUT2D eigenvalue weighted by atomic mass is 10.1. The second-order valence-electron chi connectivity index (χ2n) is 6.08. The van der Waals surface area contributed by atoms with Gasteiger partial charge in [0.1, 0.15) is 5.75 Å². The van der Waals surface area contributed by atoms with Crippen molar-refractivity contribution < 1.29 is 22.7 Å². The number of methoxy groups -OCH3 is 1. The van der Waals surface area contributed by atoms with E-state index in [0.717, 1.165) is 22.6 Å². The molecule has 146 valence electrons. The Morgan fingerprint density at radius 1 is 1.14 bits per heavy atom. The summed E-state index contributed by atoms with van der Waals surface area (Å²) in [5, 5.41) is 3.14. The van der Waals surface area contributed by atoms with E-state index in [9.17, 15) is 18.0 Å². The third-order valence-electron chi connectivity index (χ3n) is 3.96. The lowest BCUT2D eigenvalue weighted by Gasteiger charge is -2.07. The van der Waals surface area contributed by atoms with Crippen molar-refractivity contribution in [1.29, 1.82) is 0 Å². The SMILES string of the molecule is COc1ccc(CC(=O)Nc2ncc(Cc3cccc(C(F)(F)F)c3)s2)cc1. The maximum atomic E-state index is 12.8.